The largest absolute Gasteiger partial charge is 0.508 e. The number of nitrogens with two attached hydrogens (primary N) is 2. The summed E-state index contributed by atoms with van der Waals surface area (Å²) < 4.78 is 0. The first-order chi connectivity index (χ1) is 16.5. The number of aliphatic carboxylic acids is 1. The van der Waals surface area contributed by atoms with Gasteiger partial charge in [0.1, 0.15) is 17.8 Å². The lowest BCUT2D eigenvalue weighted by Gasteiger charge is -2.30. The lowest BCUT2D eigenvalue weighted by atomic mass is 9.96. The number of nitrogens with zero attached hydrogens (tertiary/aromatic N) is 1. The Labute approximate surface area is 207 Å². The number of aliphatic hydroxyl groups is 1. The fourth-order valence-corrected chi connectivity index (χ4v) is 4.23. The van der Waals surface area contributed by atoms with Crippen LogP contribution in [0.15, 0.2) is 36.4 Å². The van der Waals surface area contributed by atoms with E-state index in [1.54, 1.807) is 30.3 Å². The molecule has 0 fully saturated rings. The predicted molar refractivity (Wildman–Crippen MR) is 130 cm³/mol. The van der Waals surface area contributed by atoms with Crippen molar-refractivity contribution in [2.75, 3.05) is 13.6 Å². The number of likely N-dealkylation sites (N-methyl/N-ethyl adjacent to an activating group) is 1. The summed E-state index contributed by atoms with van der Waals surface area (Å²) in [6.45, 7) is -0.166. The van der Waals surface area contributed by atoms with Gasteiger partial charge < -0.3 is 37.0 Å². The van der Waals surface area contributed by atoms with E-state index in [2.05, 4.69) is 5.32 Å². The average Bonchev–Trinajstić information content (AvgIpc) is 2.82. The van der Waals surface area contributed by atoms with Crippen LogP contribution in [0.3, 0.4) is 0 Å². The molecule has 0 saturated carbocycles. The van der Waals surface area contributed by atoms with Gasteiger partial charge in [0.05, 0.1) is 12.1 Å². The zero-order valence-corrected chi connectivity index (χ0v) is 19.9. The molecule has 10 nitrogen and oxygen atoms in total. The number of halogens is 1. The zero-order valence-electron chi connectivity index (χ0n) is 19.1. The molecule has 2 aromatic rings. The van der Waals surface area contributed by atoms with Gasteiger partial charge in [0.25, 0.3) is 0 Å². The van der Waals surface area contributed by atoms with Gasteiger partial charge in [0.15, 0.2) is 0 Å². The molecular weight excluding hydrogens is 476 g/mol. The van der Waals surface area contributed by atoms with Crippen LogP contribution in [0, 0.1) is 0 Å². The first-order valence-electron chi connectivity index (χ1n) is 11.1. The number of fused-ring (bicyclic) bond motifs is 5. The van der Waals surface area contributed by atoms with Crippen LogP contribution < -0.4 is 16.8 Å². The number of carbonyl (C=O) groups excluding carboxylic acids is 2. The minimum atomic E-state index is -1.31. The van der Waals surface area contributed by atoms with E-state index < -0.39 is 42.0 Å². The molecule has 0 saturated heterocycles. The number of benzene rings is 2. The van der Waals surface area contributed by atoms with Gasteiger partial charge in [-0.25, -0.2) is 4.79 Å². The summed E-state index contributed by atoms with van der Waals surface area (Å²) in [7, 11) is 1.31. The van der Waals surface area contributed by atoms with Crippen LogP contribution in [-0.2, 0) is 27.2 Å². The maximum absolute atomic E-state index is 13.3. The van der Waals surface area contributed by atoms with Crippen LogP contribution in [0.4, 0.5) is 0 Å². The lowest BCUT2D eigenvalue weighted by Crippen LogP contribution is -2.56. The van der Waals surface area contributed by atoms with Gasteiger partial charge >= 0.3 is 5.97 Å². The monoisotopic (exact) mass is 504 g/mol. The number of carboxylic acids is 1. The maximum Gasteiger partial charge on any atom is 0.326 e. The van der Waals surface area contributed by atoms with Crippen molar-refractivity contribution in [3.8, 4) is 16.9 Å². The molecule has 35 heavy (non-hydrogen) atoms. The Morgan fingerprint density at radius 2 is 1.80 bits per heavy atom. The van der Waals surface area contributed by atoms with Crippen molar-refractivity contribution in [1.29, 1.82) is 0 Å². The molecule has 4 bridgehead atoms. The van der Waals surface area contributed by atoms with Gasteiger partial charge in [-0.1, -0.05) is 23.7 Å². The van der Waals surface area contributed by atoms with E-state index in [-0.39, 0.29) is 31.6 Å². The first-order valence-corrected chi connectivity index (χ1v) is 11.4. The molecule has 188 valence electrons. The minimum absolute atomic E-state index is 0.0279. The molecule has 0 aliphatic carbocycles. The zero-order chi connectivity index (χ0) is 25.9. The van der Waals surface area contributed by atoms with Crippen molar-refractivity contribution >= 4 is 29.4 Å². The lowest BCUT2D eigenvalue weighted by molar-refractivity contribution is -0.150. The van der Waals surface area contributed by atoms with Crippen LogP contribution in [-0.4, -0.2) is 75.8 Å². The number of carbonyl (C=O) groups is 3. The first kappa shape index (κ1) is 26.4. The van der Waals surface area contributed by atoms with Crippen molar-refractivity contribution in [2.24, 2.45) is 11.5 Å². The molecule has 2 amide bonds. The quantitative estimate of drug-likeness (QED) is 0.342. The number of carboxylic acid groups (broad SMARTS) is 1. The molecule has 4 atom stereocenters. The third kappa shape index (κ3) is 6.09. The van der Waals surface area contributed by atoms with Gasteiger partial charge in [-0.05, 0) is 46.5 Å². The number of amides is 2. The molecule has 11 heteroatoms. The third-order valence-electron chi connectivity index (χ3n) is 6.14. The summed E-state index contributed by atoms with van der Waals surface area (Å²) in [5.41, 5.74) is 13.9. The van der Waals surface area contributed by atoms with Crippen molar-refractivity contribution in [2.45, 2.75) is 43.5 Å². The molecule has 8 N–H and O–H groups in total. The number of hydrogen-bond acceptors (Lipinski definition) is 7. The van der Waals surface area contributed by atoms with E-state index in [0.29, 0.717) is 27.3 Å². The second kappa shape index (κ2) is 11.0. The van der Waals surface area contributed by atoms with E-state index in [1.165, 1.54) is 13.1 Å². The number of hydrogen-bond donors (Lipinski definition) is 6. The number of phenols is 1. The van der Waals surface area contributed by atoms with Crippen LogP contribution in [0.2, 0.25) is 5.02 Å². The Morgan fingerprint density at radius 1 is 1.17 bits per heavy atom. The second-order valence-electron chi connectivity index (χ2n) is 8.65. The number of phenolic OH excluding ortho intramolecular Hbond substituents is 1. The summed E-state index contributed by atoms with van der Waals surface area (Å²) in [6.07, 6.45) is -1.48. The van der Waals surface area contributed by atoms with Crippen molar-refractivity contribution in [3.05, 3.63) is 52.5 Å². The summed E-state index contributed by atoms with van der Waals surface area (Å²) in [6, 6.07) is 6.26. The highest BCUT2D eigenvalue weighted by Crippen LogP contribution is 2.30. The number of aromatic hydroxyl groups is 1. The standard InChI is InChI=1S/C24H29ClN4O6/c1-29-20(24(34)35)9-14-6-12(2-4-17(14)25)13-3-5-21(31)15(7-13)8-18(27)22(32)28-19(23(29)33)10-16(30)11-26/h2-7,16,18-20,30-31H,8-11,26-27H2,1H3,(H,28,32)(H,34,35)/t16-,18?,19?,20?/m1/s1. The van der Waals surface area contributed by atoms with E-state index >= 15 is 0 Å². The fraction of sp³-hybridized carbons (Fsp3) is 0.375. The fourth-order valence-electron chi connectivity index (χ4n) is 4.04. The van der Waals surface area contributed by atoms with Crippen molar-refractivity contribution < 1.29 is 29.7 Å². The average molecular weight is 505 g/mol. The highest BCUT2D eigenvalue weighted by atomic mass is 35.5. The van der Waals surface area contributed by atoms with Gasteiger partial charge in [-0.15, -0.1) is 0 Å². The normalized spacial score (nSPS) is 22.1. The van der Waals surface area contributed by atoms with Gasteiger partial charge in [0.2, 0.25) is 11.8 Å². The molecular formula is C24H29ClN4O6. The highest BCUT2D eigenvalue weighted by Gasteiger charge is 2.34. The summed E-state index contributed by atoms with van der Waals surface area (Å²) in [5.74, 6) is -2.74. The van der Waals surface area contributed by atoms with Crippen LogP contribution in [0.25, 0.3) is 11.1 Å². The molecule has 1 heterocycles. The third-order valence-corrected chi connectivity index (χ3v) is 6.51. The molecule has 3 rings (SSSR count). The summed E-state index contributed by atoms with van der Waals surface area (Å²) in [4.78, 5) is 39.3. The van der Waals surface area contributed by atoms with Crippen LogP contribution in [0.1, 0.15) is 17.5 Å². The maximum atomic E-state index is 13.3. The van der Waals surface area contributed by atoms with Gasteiger partial charge in [-0.2, -0.15) is 0 Å². The minimum Gasteiger partial charge on any atom is -0.508 e. The Morgan fingerprint density at radius 3 is 2.43 bits per heavy atom. The summed E-state index contributed by atoms with van der Waals surface area (Å²) >= 11 is 6.37. The second-order valence-corrected chi connectivity index (χ2v) is 9.06. The van der Waals surface area contributed by atoms with Gasteiger partial charge in [0, 0.05) is 37.9 Å². The van der Waals surface area contributed by atoms with Crippen LogP contribution >= 0.6 is 11.6 Å². The number of nitrogens with one attached hydrogen (secondary N) is 1. The molecule has 0 spiro atoms. The van der Waals surface area contributed by atoms with Crippen molar-refractivity contribution in [1.82, 2.24) is 10.2 Å². The molecule has 2 aromatic carbocycles. The van der Waals surface area contributed by atoms with E-state index in [0.717, 1.165) is 4.90 Å². The summed E-state index contributed by atoms with van der Waals surface area (Å²) in [5, 5.41) is 33.2. The molecule has 0 aromatic heterocycles. The number of aliphatic hydroxyl groups excluding tert-OH is 1. The van der Waals surface area contributed by atoms with Gasteiger partial charge in [-0.3, -0.25) is 9.59 Å². The Balaban J connectivity index is 2.14. The smallest absolute Gasteiger partial charge is 0.326 e. The number of rotatable bonds is 4. The predicted octanol–water partition coefficient (Wildman–Crippen LogP) is 0.245. The molecule has 0 radical (unpaired) electrons. The van der Waals surface area contributed by atoms with E-state index in [1.807, 2.05) is 0 Å². The highest BCUT2D eigenvalue weighted by molar-refractivity contribution is 6.31. The van der Waals surface area contributed by atoms with E-state index in [4.69, 9.17) is 23.1 Å². The SMILES string of the molecule is CN1C(=O)C(C[C@@H](O)CN)NC(=O)C(N)Cc2cc(ccc2O)-c2ccc(Cl)c(c2)CC1C(=O)O. The molecule has 1 aliphatic rings. The van der Waals surface area contributed by atoms with Crippen LogP contribution in [0.5, 0.6) is 5.75 Å². The Kier molecular flexibility index (Phi) is 8.34. The Hall–Kier alpha value is -3.18. The molecule has 1 aliphatic heterocycles. The molecule has 3 unspecified atom stereocenters. The van der Waals surface area contributed by atoms with E-state index in [9.17, 15) is 29.7 Å². The Bertz CT molecular complexity index is 1130. The van der Waals surface area contributed by atoms with Crippen molar-refractivity contribution in [3.63, 3.8) is 0 Å². The topological polar surface area (TPSA) is 179 Å².